The molecule has 130 valence electrons. The van der Waals surface area contributed by atoms with Gasteiger partial charge in [0.1, 0.15) is 17.7 Å². The van der Waals surface area contributed by atoms with Gasteiger partial charge in [0.2, 0.25) is 0 Å². The predicted octanol–water partition coefficient (Wildman–Crippen LogP) is 4.51. The third kappa shape index (κ3) is 4.61. The van der Waals surface area contributed by atoms with E-state index in [1.165, 1.54) is 17.4 Å². The Kier molecular flexibility index (Phi) is 5.25. The maximum Gasteiger partial charge on any atom is 0.422 e. The number of alkyl halides is 3. The first kappa shape index (κ1) is 17.0. The molecule has 1 saturated heterocycles. The molecule has 1 aliphatic rings. The van der Waals surface area contributed by atoms with E-state index in [9.17, 15) is 13.2 Å². The van der Waals surface area contributed by atoms with Crippen molar-refractivity contribution in [1.82, 2.24) is 4.98 Å². The van der Waals surface area contributed by atoms with Gasteiger partial charge in [0, 0.05) is 12.0 Å². The van der Waals surface area contributed by atoms with E-state index in [2.05, 4.69) is 4.98 Å². The van der Waals surface area contributed by atoms with Crippen molar-refractivity contribution in [3.63, 3.8) is 0 Å². The molecule has 0 amide bonds. The molecule has 0 radical (unpaired) electrons. The van der Waals surface area contributed by atoms with Gasteiger partial charge < -0.3 is 14.2 Å². The van der Waals surface area contributed by atoms with E-state index in [0.29, 0.717) is 0 Å². The minimum atomic E-state index is -4.39. The van der Waals surface area contributed by atoms with Crippen molar-refractivity contribution in [3.05, 3.63) is 40.3 Å². The number of benzene rings is 1. The lowest BCUT2D eigenvalue weighted by Crippen LogP contribution is -2.19. The van der Waals surface area contributed by atoms with Crippen LogP contribution in [0, 0.1) is 0 Å². The summed E-state index contributed by atoms with van der Waals surface area (Å²) in [7, 11) is 0. The molecule has 1 fully saturated rings. The van der Waals surface area contributed by atoms with Crippen LogP contribution in [0.5, 0.6) is 11.5 Å². The van der Waals surface area contributed by atoms with Crippen LogP contribution in [-0.2, 0) is 11.3 Å². The zero-order valence-corrected chi connectivity index (χ0v) is 13.5. The summed E-state index contributed by atoms with van der Waals surface area (Å²) in [6, 6.07) is 6.28. The summed E-state index contributed by atoms with van der Waals surface area (Å²) < 4.78 is 52.8. The Morgan fingerprint density at radius 2 is 1.96 bits per heavy atom. The van der Waals surface area contributed by atoms with Crippen molar-refractivity contribution in [3.8, 4) is 11.5 Å². The Bertz CT molecular complexity index is 669. The molecule has 0 aliphatic carbocycles. The second-order valence-corrected chi connectivity index (χ2v) is 6.21. The van der Waals surface area contributed by atoms with Crippen molar-refractivity contribution in [2.24, 2.45) is 0 Å². The van der Waals surface area contributed by atoms with Gasteiger partial charge in [-0.2, -0.15) is 13.2 Å². The van der Waals surface area contributed by atoms with Crippen LogP contribution in [0.4, 0.5) is 13.2 Å². The van der Waals surface area contributed by atoms with Crippen molar-refractivity contribution in [2.75, 3.05) is 13.2 Å². The molecule has 0 N–H and O–H groups in total. The SMILES string of the molecule is FC(F)(F)COc1ccccc1OCc1csc([C@H]2CCCO2)n1. The fourth-order valence-corrected chi connectivity index (χ4v) is 3.19. The van der Waals surface area contributed by atoms with Crippen molar-refractivity contribution < 1.29 is 27.4 Å². The van der Waals surface area contributed by atoms with Gasteiger partial charge in [0.05, 0.1) is 5.69 Å². The van der Waals surface area contributed by atoms with Crippen LogP contribution in [-0.4, -0.2) is 24.4 Å². The van der Waals surface area contributed by atoms with Gasteiger partial charge in [-0.25, -0.2) is 4.98 Å². The normalized spacial score (nSPS) is 17.9. The average Bonchev–Trinajstić information content (AvgIpc) is 3.22. The highest BCUT2D eigenvalue weighted by Gasteiger charge is 2.29. The zero-order valence-electron chi connectivity index (χ0n) is 12.7. The fourth-order valence-electron chi connectivity index (χ4n) is 2.31. The molecule has 0 unspecified atom stereocenters. The van der Waals surface area contributed by atoms with Crippen LogP contribution < -0.4 is 9.47 Å². The number of aromatic nitrogens is 1. The van der Waals surface area contributed by atoms with Gasteiger partial charge in [-0.1, -0.05) is 12.1 Å². The molecule has 8 heteroatoms. The molecule has 1 aromatic carbocycles. The summed E-state index contributed by atoms with van der Waals surface area (Å²) in [5, 5.41) is 2.78. The molecule has 24 heavy (non-hydrogen) atoms. The lowest BCUT2D eigenvalue weighted by atomic mass is 10.2. The van der Waals surface area contributed by atoms with Gasteiger partial charge in [0.15, 0.2) is 18.1 Å². The number of hydrogen-bond acceptors (Lipinski definition) is 5. The maximum atomic E-state index is 12.3. The minimum absolute atomic E-state index is 0.0474. The quantitative estimate of drug-likeness (QED) is 0.761. The number of para-hydroxylation sites is 2. The van der Waals surface area contributed by atoms with Gasteiger partial charge in [-0.05, 0) is 25.0 Å². The van der Waals surface area contributed by atoms with Crippen molar-refractivity contribution >= 4 is 11.3 Å². The van der Waals surface area contributed by atoms with Crippen LogP contribution in [0.2, 0.25) is 0 Å². The molecule has 1 aliphatic heterocycles. The number of halogens is 3. The Balaban J connectivity index is 1.60. The van der Waals surface area contributed by atoms with Crippen molar-refractivity contribution in [2.45, 2.75) is 31.7 Å². The van der Waals surface area contributed by atoms with Crippen molar-refractivity contribution in [1.29, 1.82) is 0 Å². The third-order valence-corrected chi connectivity index (χ3v) is 4.38. The average molecular weight is 359 g/mol. The molecule has 1 atom stereocenters. The van der Waals surface area contributed by atoms with E-state index < -0.39 is 12.8 Å². The standard InChI is InChI=1S/C16H16F3NO3S/c17-16(18,19)10-23-13-5-2-1-4-12(13)22-8-11-9-24-15(20-11)14-6-3-7-21-14/h1-2,4-5,9,14H,3,6-8,10H2/t14-/m1/s1. The van der Waals surface area contributed by atoms with Gasteiger partial charge in [0.25, 0.3) is 0 Å². The number of thiazole rings is 1. The first-order valence-electron chi connectivity index (χ1n) is 7.48. The van der Waals surface area contributed by atoms with Crippen LogP contribution in [0.3, 0.4) is 0 Å². The molecular formula is C16H16F3NO3S. The Labute approximate surface area is 141 Å². The molecule has 1 aromatic heterocycles. The first-order chi connectivity index (χ1) is 11.5. The topological polar surface area (TPSA) is 40.6 Å². The second-order valence-electron chi connectivity index (χ2n) is 5.32. The van der Waals surface area contributed by atoms with Crippen LogP contribution in [0.15, 0.2) is 29.6 Å². The summed E-state index contributed by atoms with van der Waals surface area (Å²) in [5.74, 6) is 0.317. The molecule has 2 heterocycles. The van der Waals surface area contributed by atoms with Gasteiger partial charge in [-0.15, -0.1) is 11.3 Å². The predicted molar refractivity (Wildman–Crippen MR) is 82.4 cm³/mol. The lowest BCUT2D eigenvalue weighted by molar-refractivity contribution is -0.153. The van der Waals surface area contributed by atoms with E-state index in [0.717, 1.165) is 30.2 Å². The molecule has 0 bridgehead atoms. The molecule has 3 rings (SSSR count). The van der Waals surface area contributed by atoms with E-state index in [-0.39, 0.29) is 24.2 Å². The highest BCUT2D eigenvalue weighted by Crippen LogP contribution is 2.32. The Morgan fingerprint density at radius 1 is 1.21 bits per heavy atom. The first-order valence-corrected chi connectivity index (χ1v) is 8.36. The number of rotatable bonds is 6. The number of hydrogen-bond donors (Lipinski definition) is 0. The lowest BCUT2D eigenvalue weighted by Gasteiger charge is -2.13. The van der Waals surface area contributed by atoms with E-state index in [4.69, 9.17) is 14.2 Å². The summed E-state index contributed by atoms with van der Waals surface area (Å²) in [5.41, 5.74) is 0.719. The van der Waals surface area contributed by atoms with Crippen LogP contribution in [0.25, 0.3) is 0 Å². The Morgan fingerprint density at radius 3 is 2.62 bits per heavy atom. The smallest absolute Gasteiger partial charge is 0.422 e. The maximum absolute atomic E-state index is 12.3. The summed E-state index contributed by atoms with van der Waals surface area (Å²) in [4.78, 5) is 4.47. The summed E-state index contributed by atoms with van der Waals surface area (Å²) >= 11 is 1.50. The molecule has 2 aromatic rings. The highest BCUT2D eigenvalue weighted by atomic mass is 32.1. The zero-order chi connectivity index (χ0) is 17.0. The fraction of sp³-hybridized carbons (Fsp3) is 0.438. The van der Waals surface area contributed by atoms with Gasteiger partial charge >= 0.3 is 6.18 Å². The highest BCUT2D eigenvalue weighted by molar-refractivity contribution is 7.09. The molecule has 0 spiro atoms. The summed E-state index contributed by atoms with van der Waals surface area (Å²) in [6.45, 7) is -0.442. The third-order valence-electron chi connectivity index (χ3n) is 3.39. The van der Waals surface area contributed by atoms with E-state index in [1.807, 2.05) is 5.38 Å². The number of ether oxygens (including phenoxy) is 3. The number of nitrogens with zero attached hydrogens (tertiary/aromatic N) is 1. The molecule has 4 nitrogen and oxygen atoms in total. The van der Waals surface area contributed by atoms with E-state index >= 15 is 0 Å². The second kappa shape index (κ2) is 7.40. The monoisotopic (exact) mass is 359 g/mol. The largest absolute Gasteiger partial charge is 0.483 e. The van der Waals surface area contributed by atoms with E-state index in [1.54, 1.807) is 18.2 Å². The van der Waals surface area contributed by atoms with Gasteiger partial charge in [-0.3, -0.25) is 0 Å². The minimum Gasteiger partial charge on any atom is -0.483 e. The summed E-state index contributed by atoms with van der Waals surface area (Å²) in [6.07, 6.45) is -2.36. The Hall–Kier alpha value is -1.80. The van der Waals surface area contributed by atoms with Crippen LogP contribution >= 0.6 is 11.3 Å². The molecular weight excluding hydrogens is 343 g/mol. The molecule has 0 saturated carbocycles. The van der Waals surface area contributed by atoms with Crippen LogP contribution in [0.1, 0.15) is 29.6 Å².